The van der Waals surface area contributed by atoms with Gasteiger partial charge in [-0.3, -0.25) is 15.0 Å². The van der Waals surface area contributed by atoms with Crippen molar-refractivity contribution in [1.29, 1.82) is 0 Å². The number of benzene rings is 2. The first-order valence-electron chi connectivity index (χ1n) is 10.1. The Morgan fingerprint density at radius 1 is 1.15 bits per heavy atom. The second-order valence-corrected chi connectivity index (χ2v) is 10.4. The van der Waals surface area contributed by atoms with E-state index in [4.69, 9.17) is 23.8 Å². The Hall–Kier alpha value is -2.98. The first-order chi connectivity index (χ1) is 16.4. The number of carbonyl (C=O) groups excluding carboxylic acids is 2. The van der Waals surface area contributed by atoms with Crippen LogP contribution < -0.4 is 5.43 Å². The minimum atomic E-state index is -0.408. The van der Waals surface area contributed by atoms with Crippen molar-refractivity contribution in [2.24, 2.45) is 0 Å². The Balaban J connectivity index is 1.47. The van der Waals surface area contributed by atoms with Crippen LogP contribution in [0.5, 0.6) is 0 Å². The van der Waals surface area contributed by atoms with E-state index in [1.807, 2.05) is 35.0 Å². The van der Waals surface area contributed by atoms with Gasteiger partial charge in [-0.2, -0.15) is 5.01 Å². The molecule has 1 N–H and O–H groups in total. The zero-order valence-corrected chi connectivity index (χ0v) is 20.5. The molecule has 10 heteroatoms. The van der Waals surface area contributed by atoms with Crippen LogP contribution >= 0.6 is 46.9 Å². The largest absolute Gasteiger partial charge is 0.342 e. The molecule has 0 radical (unpaired) electrons. The molecule has 1 fully saturated rings. The summed E-state index contributed by atoms with van der Waals surface area (Å²) in [6.45, 7) is 0.234. The van der Waals surface area contributed by atoms with Gasteiger partial charge in [-0.05, 0) is 47.9 Å². The van der Waals surface area contributed by atoms with E-state index in [1.165, 1.54) is 17.4 Å². The fraction of sp³-hybridized carbons (Fsp3) is 0.0417. The minimum Gasteiger partial charge on any atom is -0.342 e. The smallest absolute Gasteiger partial charge is 0.285 e. The Morgan fingerprint density at radius 3 is 2.74 bits per heavy atom. The van der Waals surface area contributed by atoms with Gasteiger partial charge in [0.25, 0.3) is 11.8 Å². The van der Waals surface area contributed by atoms with Crippen LogP contribution in [0.2, 0.25) is 5.02 Å². The van der Waals surface area contributed by atoms with Gasteiger partial charge in [-0.1, -0.05) is 53.7 Å². The number of thioether (sulfide) groups is 1. The standard InChI is InChI=1S/C24H15ClFN3O2S3/c25-17-6-3-7-18(26)16(17)13-28-12-14(15-5-1-2-8-19(15)28)11-21-23(31)29(24(32)34-21)27-22(30)20-9-4-10-33-20/h1-12H,13H2,(H,27,30)/b21-11+. The van der Waals surface area contributed by atoms with Crippen LogP contribution in [0.25, 0.3) is 17.0 Å². The molecular weight excluding hydrogens is 513 g/mol. The summed E-state index contributed by atoms with van der Waals surface area (Å²) in [5.41, 5.74) is 4.60. The van der Waals surface area contributed by atoms with E-state index in [0.29, 0.717) is 20.4 Å². The molecule has 0 atom stereocenters. The predicted octanol–water partition coefficient (Wildman–Crippen LogP) is 6.09. The van der Waals surface area contributed by atoms with Crippen molar-refractivity contribution in [3.63, 3.8) is 0 Å². The Kier molecular flexibility index (Phi) is 6.26. The number of rotatable bonds is 5. The third-order valence-electron chi connectivity index (χ3n) is 5.25. The summed E-state index contributed by atoms with van der Waals surface area (Å²) in [6, 6.07) is 15.7. The number of thiocarbonyl (C=S) groups is 1. The maximum absolute atomic E-state index is 14.4. The first-order valence-corrected chi connectivity index (χ1v) is 12.5. The van der Waals surface area contributed by atoms with Gasteiger partial charge >= 0.3 is 0 Å². The van der Waals surface area contributed by atoms with E-state index in [2.05, 4.69) is 5.43 Å². The lowest BCUT2D eigenvalue weighted by Crippen LogP contribution is -2.44. The van der Waals surface area contributed by atoms with Crippen LogP contribution in [0, 0.1) is 5.82 Å². The van der Waals surface area contributed by atoms with Crippen LogP contribution in [0.15, 0.2) is 71.1 Å². The number of thiophene rings is 1. The van der Waals surface area contributed by atoms with Gasteiger partial charge in [-0.15, -0.1) is 11.3 Å². The van der Waals surface area contributed by atoms with Crippen molar-refractivity contribution in [3.8, 4) is 0 Å². The molecule has 1 saturated heterocycles. The highest BCUT2D eigenvalue weighted by Crippen LogP contribution is 2.34. The van der Waals surface area contributed by atoms with Crippen molar-refractivity contribution < 1.29 is 14.0 Å². The summed E-state index contributed by atoms with van der Waals surface area (Å²) in [4.78, 5) is 26.3. The molecule has 0 spiro atoms. The van der Waals surface area contributed by atoms with Crippen molar-refractivity contribution in [2.75, 3.05) is 0 Å². The lowest BCUT2D eigenvalue weighted by atomic mass is 10.1. The Labute approximate surface area is 212 Å². The lowest BCUT2D eigenvalue weighted by Gasteiger charge is -2.14. The van der Waals surface area contributed by atoms with Crippen molar-refractivity contribution in [1.82, 2.24) is 15.0 Å². The number of carbonyl (C=O) groups is 2. The van der Waals surface area contributed by atoms with Crippen LogP contribution in [0.4, 0.5) is 4.39 Å². The van der Waals surface area contributed by atoms with E-state index in [9.17, 15) is 14.0 Å². The van der Waals surface area contributed by atoms with Crippen molar-refractivity contribution >= 4 is 80.0 Å². The molecule has 34 heavy (non-hydrogen) atoms. The lowest BCUT2D eigenvalue weighted by molar-refractivity contribution is -0.123. The van der Waals surface area contributed by atoms with Crippen molar-refractivity contribution in [2.45, 2.75) is 6.54 Å². The molecule has 3 heterocycles. The van der Waals surface area contributed by atoms with Gasteiger partial charge in [-0.25, -0.2) is 4.39 Å². The number of fused-ring (bicyclic) bond motifs is 1. The zero-order chi connectivity index (χ0) is 23.8. The van der Waals surface area contributed by atoms with Gasteiger partial charge in [0.15, 0.2) is 4.32 Å². The van der Waals surface area contributed by atoms with Crippen LogP contribution in [0.3, 0.4) is 0 Å². The van der Waals surface area contributed by atoms with E-state index in [1.54, 1.807) is 35.7 Å². The van der Waals surface area contributed by atoms with E-state index in [-0.39, 0.29) is 16.7 Å². The number of hydrazine groups is 1. The molecule has 170 valence electrons. The highest BCUT2D eigenvalue weighted by molar-refractivity contribution is 8.26. The molecule has 0 saturated carbocycles. The minimum absolute atomic E-state index is 0.234. The number of para-hydroxylation sites is 1. The molecule has 4 aromatic rings. The fourth-order valence-corrected chi connectivity index (χ4v) is 5.65. The number of amides is 2. The van der Waals surface area contributed by atoms with Crippen LogP contribution in [0.1, 0.15) is 20.8 Å². The average Bonchev–Trinajstić information content (AvgIpc) is 3.53. The summed E-state index contributed by atoms with van der Waals surface area (Å²) >= 11 is 14.0. The monoisotopic (exact) mass is 527 g/mol. The second-order valence-electron chi connectivity index (χ2n) is 7.37. The predicted molar refractivity (Wildman–Crippen MR) is 139 cm³/mol. The summed E-state index contributed by atoms with van der Waals surface area (Å²) in [5, 5.41) is 4.11. The first kappa shape index (κ1) is 22.8. The molecule has 2 aromatic carbocycles. The topological polar surface area (TPSA) is 54.3 Å². The van der Waals surface area contributed by atoms with Gasteiger partial charge in [0.2, 0.25) is 0 Å². The highest BCUT2D eigenvalue weighted by Gasteiger charge is 2.34. The van der Waals surface area contributed by atoms with E-state index >= 15 is 0 Å². The third-order valence-corrected chi connectivity index (χ3v) is 7.77. The average molecular weight is 528 g/mol. The second kappa shape index (κ2) is 9.34. The van der Waals surface area contributed by atoms with Gasteiger partial charge in [0, 0.05) is 33.2 Å². The molecule has 2 amide bonds. The SMILES string of the molecule is O=C(NN1C(=O)/C(=C\c2cn(Cc3c(F)cccc3Cl)c3ccccc23)SC1=S)c1cccs1. The van der Waals surface area contributed by atoms with E-state index in [0.717, 1.165) is 33.2 Å². The molecular formula is C24H15ClFN3O2S3. The summed E-state index contributed by atoms with van der Waals surface area (Å²) < 4.78 is 16.5. The van der Waals surface area contributed by atoms with Crippen molar-refractivity contribution in [3.05, 3.63) is 97.9 Å². The molecule has 5 rings (SSSR count). The maximum atomic E-state index is 14.4. The zero-order valence-electron chi connectivity index (χ0n) is 17.3. The van der Waals surface area contributed by atoms with Gasteiger partial charge < -0.3 is 4.57 Å². The molecule has 0 unspecified atom stereocenters. The number of aromatic nitrogens is 1. The molecule has 2 aromatic heterocycles. The van der Waals surface area contributed by atoms with E-state index < -0.39 is 11.8 Å². The van der Waals surface area contributed by atoms with Gasteiger partial charge in [0.05, 0.1) is 16.3 Å². The molecule has 0 bridgehead atoms. The molecule has 0 aliphatic carbocycles. The Morgan fingerprint density at radius 2 is 1.97 bits per heavy atom. The molecule has 1 aliphatic rings. The fourth-order valence-electron chi connectivity index (χ4n) is 3.64. The number of hydrogen-bond donors (Lipinski definition) is 1. The normalized spacial score (nSPS) is 15.0. The number of nitrogens with one attached hydrogen (secondary N) is 1. The number of nitrogens with zero attached hydrogens (tertiary/aromatic N) is 2. The number of hydrogen-bond acceptors (Lipinski definition) is 5. The summed E-state index contributed by atoms with van der Waals surface area (Å²) in [5.74, 6) is -1.19. The summed E-state index contributed by atoms with van der Waals surface area (Å²) in [7, 11) is 0. The molecule has 1 aliphatic heterocycles. The third kappa shape index (κ3) is 4.27. The Bertz CT molecular complexity index is 1460. The molecule has 5 nitrogen and oxygen atoms in total. The summed E-state index contributed by atoms with van der Waals surface area (Å²) in [6.07, 6.45) is 3.59. The van der Waals surface area contributed by atoms with Crippen LogP contribution in [-0.2, 0) is 11.3 Å². The van der Waals surface area contributed by atoms with Gasteiger partial charge in [0.1, 0.15) is 5.82 Å². The van der Waals surface area contributed by atoms with Crippen LogP contribution in [-0.4, -0.2) is 25.7 Å². The number of halogens is 2. The quantitative estimate of drug-likeness (QED) is 0.252. The maximum Gasteiger partial charge on any atom is 0.285 e. The highest BCUT2D eigenvalue weighted by atomic mass is 35.5.